The number of hydrogen-bond acceptors (Lipinski definition) is 5. The minimum atomic E-state index is -0.520. The van der Waals surface area contributed by atoms with E-state index in [1.807, 2.05) is 0 Å². The highest BCUT2D eigenvalue weighted by atomic mass is 19.1. The summed E-state index contributed by atoms with van der Waals surface area (Å²) in [5.41, 5.74) is 5.49. The Bertz CT molecular complexity index is 729. The van der Waals surface area contributed by atoms with Gasteiger partial charge in [0.1, 0.15) is 17.3 Å². The van der Waals surface area contributed by atoms with Gasteiger partial charge in [0.2, 0.25) is 0 Å². The van der Waals surface area contributed by atoms with Crippen molar-refractivity contribution in [1.29, 1.82) is 0 Å². The van der Waals surface area contributed by atoms with Crippen molar-refractivity contribution in [2.45, 2.75) is 0 Å². The molecule has 0 aliphatic rings. The summed E-state index contributed by atoms with van der Waals surface area (Å²) >= 11 is 0. The van der Waals surface area contributed by atoms with Crippen molar-refractivity contribution < 1.29 is 9.13 Å². The lowest BCUT2D eigenvalue weighted by Crippen LogP contribution is -1.98. The number of anilines is 1. The Morgan fingerprint density at radius 1 is 1.10 bits per heavy atom. The average molecular weight is 271 g/mol. The lowest BCUT2D eigenvalue weighted by Gasteiger charge is -2.07. The van der Waals surface area contributed by atoms with Gasteiger partial charge in [-0.1, -0.05) is 5.21 Å². The molecule has 2 aromatic heterocycles. The summed E-state index contributed by atoms with van der Waals surface area (Å²) in [5.74, 6) is 0.895. The number of hydrogen-bond donors (Lipinski definition) is 1. The second-order valence-electron chi connectivity index (χ2n) is 3.98. The number of rotatable bonds is 3. The molecule has 20 heavy (non-hydrogen) atoms. The Morgan fingerprint density at radius 2 is 1.95 bits per heavy atom. The zero-order valence-electron chi connectivity index (χ0n) is 10.3. The van der Waals surface area contributed by atoms with Crippen molar-refractivity contribution in [3.63, 3.8) is 0 Å². The smallest absolute Gasteiger partial charge is 0.158 e. The molecule has 7 heteroatoms. The summed E-state index contributed by atoms with van der Waals surface area (Å²) in [7, 11) is 0. The highest BCUT2D eigenvalue weighted by Gasteiger charge is 2.05. The summed E-state index contributed by atoms with van der Waals surface area (Å²) in [6.45, 7) is 0. The topological polar surface area (TPSA) is 78.9 Å². The van der Waals surface area contributed by atoms with Crippen molar-refractivity contribution in [2.24, 2.45) is 0 Å². The second-order valence-corrected chi connectivity index (χ2v) is 3.98. The van der Waals surface area contributed by atoms with Gasteiger partial charge in [-0.15, -0.1) is 5.10 Å². The van der Waals surface area contributed by atoms with Crippen LogP contribution in [0.15, 0.2) is 48.9 Å². The Hall–Kier alpha value is -2.96. The summed E-state index contributed by atoms with van der Waals surface area (Å²) in [5, 5.41) is 7.53. The van der Waals surface area contributed by atoms with E-state index in [2.05, 4.69) is 15.3 Å². The van der Waals surface area contributed by atoms with E-state index < -0.39 is 5.82 Å². The van der Waals surface area contributed by atoms with Gasteiger partial charge in [-0.2, -0.15) is 0 Å². The van der Waals surface area contributed by atoms with E-state index in [4.69, 9.17) is 10.5 Å². The van der Waals surface area contributed by atoms with Crippen LogP contribution in [0.4, 0.5) is 10.1 Å². The zero-order valence-corrected chi connectivity index (χ0v) is 10.3. The van der Waals surface area contributed by atoms with Crippen LogP contribution >= 0.6 is 0 Å². The molecule has 6 nitrogen and oxygen atoms in total. The maximum Gasteiger partial charge on any atom is 0.158 e. The lowest BCUT2D eigenvalue weighted by atomic mass is 10.3. The van der Waals surface area contributed by atoms with E-state index in [0.29, 0.717) is 17.3 Å². The first-order valence-electron chi connectivity index (χ1n) is 5.78. The van der Waals surface area contributed by atoms with Gasteiger partial charge < -0.3 is 10.5 Å². The highest BCUT2D eigenvalue weighted by Crippen LogP contribution is 2.24. The molecule has 0 amide bonds. The molecule has 0 unspecified atom stereocenters. The number of halogens is 1. The van der Waals surface area contributed by atoms with Gasteiger partial charge in [-0.3, -0.25) is 0 Å². The number of nitrogens with zero attached hydrogens (tertiary/aromatic N) is 4. The molecule has 0 aliphatic carbocycles. The summed E-state index contributed by atoms with van der Waals surface area (Å²) in [6.07, 6.45) is 4.78. The molecule has 0 atom stereocenters. The number of nitrogen functional groups attached to an aromatic ring is 1. The third-order valence-corrected chi connectivity index (χ3v) is 2.58. The minimum Gasteiger partial charge on any atom is -0.457 e. The molecular formula is C13H10FN5O. The standard InChI is InChI=1S/C13H10FN5O/c14-11-7-9(1-2-12(11)15)20-10-3-4-16-13(8-10)19-6-5-17-18-19/h1-8H,15H2. The molecular weight excluding hydrogens is 261 g/mol. The van der Waals surface area contributed by atoms with Crippen LogP contribution in [-0.2, 0) is 0 Å². The molecule has 2 N–H and O–H groups in total. The van der Waals surface area contributed by atoms with Crippen LogP contribution in [0.3, 0.4) is 0 Å². The fourth-order valence-corrected chi connectivity index (χ4v) is 1.63. The fourth-order valence-electron chi connectivity index (χ4n) is 1.63. The molecule has 3 aromatic rings. The van der Waals surface area contributed by atoms with Gasteiger partial charge in [0.15, 0.2) is 5.82 Å². The Labute approximate surface area is 113 Å². The molecule has 0 spiro atoms. The fraction of sp³-hybridized carbons (Fsp3) is 0. The molecule has 0 bridgehead atoms. The summed E-state index contributed by atoms with van der Waals surface area (Å²) in [6, 6.07) is 7.60. The van der Waals surface area contributed by atoms with Crippen molar-refractivity contribution >= 4 is 5.69 Å². The Kier molecular flexibility index (Phi) is 3.00. The van der Waals surface area contributed by atoms with Crippen molar-refractivity contribution in [3.05, 3.63) is 54.7 Å². The van der Waals surface area contributed by atoms with Crippen LogP contribution in [0, 0.1) is 5.82 Å². The molecule has 0 aliphatic heterocycles. The molecule has 0 saturated heterocycles. The van der Waals surface area contributed by atoms with Crippen LogP contribution in [0.5, 0.6) is 11.5 Å². The van der Waals surface area contributed by atoms with Gasteiger partial charge in [0.25, 0.3) is 0 Å². The molecule has 0 saturated carbocycles. The van der Waals surface area contributed by atoms with Crippen LogP contribution in [0.2, 0.25) is 0 Å². The van der Waals surface area contributed by atoms with Crippen LogP contribution in [0.1, 0.15) is 0 Å². The first kappa shape index (κ1) is 12.1. The molecule has 1 aromatic carbocycles. The Morgan fingerprint density at radius 3 is 2.70 bits per heavy atom. The second kappa shape index (κ2) is 4.96. The van der Waals surface area contributed by atoms with Crippen molar-refractivity contribution in [2.75, 3.05) is 5.73 Å². The van der Waals surface area contributed by atoms with Gasteiger partial charge in [-0.05, 0) is 18.2 Å². The van der Waals surface area contributed by atoms with E-state index >= 15 is 0 Å². The third kappa shape index (κ3) is 2.41. The van der Waals surface area contributed by atoms with Gasteiger partial charge in [0, 0.05) is 18.3 Å². The van der Waals surface area contributed by atoms with Crippen LogP contribution in [-0.4, -0.2) is 20.0 Å². The van der Waals surface area contributed by atoms with E-state index in [9.17, 15) is 4.39 Å². The van der Waals surface area contributed by atoms with Gasteiger partial charge >= 0.3 is 0 Å². The predicted molar refractivity (Wildman–Crippen MR) is 70.0 cm³/mol. The molecule has 2 heterocycles. The van der Waals surface area contributed by atoms with Crippen LogP contribution in [0.25, 0.3) is 5.82 Å². The first-order valence-corrected chi connectivity index (χ1v) is 5.78. The predicted octanol–water partition coefficient (Wildman–Crippen LogP) is 2.18. The number of aromatic nitrogens is 4. The lowest BCUT2D eigenvalue weighted by molar-refractivity contribution is 0.476. The molecule has 3 rings (SSSR count). The average Bonchev–Trinajstić information content (AvgIpc) is 2.97. The maximum absolute atomic E-state index is 13.3. The van der Waals surface area contributed by atoms with Crippen LogP contribution < -0.4 is 10.5 Å². The summed E-state index contributed by atoms with van der Waals surface area (Å²) in [4.78, 5) is 4.14. The molecule has 0 fully saturated rings. The third-order valence-electron chi connectivity index (χ3n) is 2.58. The highest BCUT2D eigenvalue weighted by molar-refractivity contribution is 5.45. The SMILES string of the molecule is Nc1ccc(Oc2ccnc(-n3ccnn3)c2)cc1F. The quantitative estimate of drug-likeness (QED) is 0.738. The zero-order chi connectivity index (χ0) is 13.9. The largest absolute Gasteiger partial charge is 0.457 e. The van der Waals surface area contributed by atoms with E-state index in [0.717, 1.165) is 0 Å². The maximum atomic E-state index is 13.3. The molecule has 0 radical (unpaired) electrons. The normalized spacial score (nSPS) is 10.4. The first-order chi connectivity index (χ1) is 9.72. The van der Waals surface area contributed by atoms with E-state index in [1.54, 1.807) is 36.8 Å². The van der Waals surface area contributed by atoms with E-state index in [-0.39, 0.29) is 5.69 Å². The van der Waals surface area contributed by atoms with Crippen molar-refractivity contribution in [3.8, 4) is 17.3 Å². The minimum absolute atomic E-state index is 0.0791. The number of nitrogens with two attached hydrogens (primary N) is 1. The van der Waals surface area contributed by atoms with Gasteiger partial charge in [-0.25, -0.2) is 14.1 Å². The molecule has 100 valence electrons. The number of benzene rings is 1. The number of pyridine rings is 1. The Balaban J connectivity index is 1.87. The van der Waals surface area contributed by atoms with Gasteiger partial charge in [0.05, 0.1) is 18.1 Å². The summed E-state index contributed by atoms with van der Waals surface area (Å²) < 4.78 is 20.4. The monoisotopic (exact) mass is 271 g/mol. The number of ether oxygens (including phenoxy) is 1. The van der Waals surface area contributed by atoms with Crippen molar-refractivity contribution in [1.82, 2.24) is 20.0 Å². The van der Waals surface area contributed by atoms with E-state index in [1.165, 1.54) is 16.8 Å².